The van der Waals surface area contributed by atoms with Crippen molar-refractivity contribution in [1.82, 2.24) is 15.2 Å². The molecule has 2 atom stereocenters. The molecular formula is C14H19F2N3O3. The Labute approximate surface area is 127 Å². The van der Waals surface area contributed by atoms with Gasteiger partial charge in [0.15, 0.2) is 0 Å². The summed E-state index contributed by atoms with van der Waals surface area (Å²) in [6, 6.07) is 1.18. The van der Waals surface area contributed by atoms with Gasteiger partial charge in [0.2, 0.25) is 0 Å². The molecule has 1 aromatic heterocycles. The summed E-state index contributed by atoms with van der Waals surface area (Å²) >= 11 is 0. The summed E-state index contributed by atoms with van der Waals surface area (Å²) in [7, 11) is 3.05. The summed E-state index contributed by atoms with van der Waals surface area (Å²) in [5, 5.41) is 2.32. The number of ether oxygens (including phenoxy) is 2. The Morgan fingerprint density at radius 3 is 2.82 bits per heavy atom. The van der Waals surface area contributed by atoms with Gasteiger partial charge in [-0.3, -0.25) is 4.98 Å². The van der Waals surface area contributed by atoms with E-state index in [0.29, 0.717) is 0 Å². The van der Waals surface area contributed by atoms with Crippen LogP contribution in [0.2, 0.25) is 0 Å². The number of urea groups is 1. The van der Waals surface area contributed by atoms with Crippen LogP contribution in [0, 0.1) is 0 Å². The third-order valence-electron chi connectivity index (χ3n) is 3.59. The van der Waals surface area contributed by atoms with Crippen LogP contribution in [0.3, 0.4) is 0 Å². The van der Waals surface area contributed by atoms with Gasteiger partial charge in [0.1, 0.15) is 12.6 Å². The molecule has 2 heterocycles. The number of hydrogen-bond donors (Lipinski definition) is 1. The molecule has 6 nitrogen and oxygen atoms in total. The summed E-state index contributed by atoms with van der Waals surface area (Å²) in [4.78, 5) is 17.5. The first-order chi connectivity index (χ1) is 10.5. The van der Waals surface area contributed by atoms with E-state index in [0.717, 1.165) is 5.56 Å². The standard InChI is InChI=1S/C14H19F2N3O3/c1-19(11(7-21-2)10-3-5-17-6-4-10)13(20)18-12-8-22-9-14(12,15)16/h3-6,11-12H,7-9H2,1-2H3,(H,18,20). The molecule has 1 aliphatic rings. The number of methoxy groups -OCH3 is 1. The topological polar surface area (TPSA) is 63.7 Å². The molecule has 0 spiro atoms. The van der Waals surface area contributed by atoms with Crippen LogP contribution in [-0.2, 0) is 9.47 Å². The lowest BCUT2D eigenvalue weighted by Crippen LogP contribution is -2.51. The van der Waals surface area contributed by atoms with Crippen LogP contribution in [0.25, 0.3) is 0 Å². The Kier molecular flexibility index (Phi) is 5.25. The summed E-state index contributed by atoms with van der Waals surface area (Å²) < 4.78 is 36.9. The van der Waals surface area contributed by atoms with Gasteiger partial charge in [-0.15, -0.1) is 0 Å². The number of nitrogens with zero attached hydrogens (tertiary/aromatic N) is 2. The van der Waals surface area contributed by atoms with Crippen molar-refractivity contribution in [3.63, 3.8) is 0 Å². The van der Waals surface area contributed by atoms with Crippen LogP contribution in [0.1, 0.15) is 11.6 Å². The Balaban J connectivity index is 2.06. The Morgan fingerprint density at radius 2 is 2.27 bits per heavy atom. The molecule has 2 rings (SSSR count). The van der Waals surface area contributed by atoms with Crippen molar-refractivity contribution in [2.45, 2.75) is 18.0 Å². The van der Waals surface area contributed by atoms with Crippen molar-refractivity contribution in [2.75, 3.05) is 34.0 Å². The Bertz CT molecular complexity index is 501. The van der Waals surface area contributed by atoms with Gasteiger partial charge in [-0.1, -0.05) is 0 Å². The average molecular weight is 315 g/mol. The fourth-order valence-electron chi connectivity index (χ4n) is 2.25. The largest absolute Gasteiger partial charge is 0.382 e. The minimum Gasteiger partial charge on any atom is -0.382 e. The number of alkyl halides is 2. The first kappa shape index (κ1) is 16.6. The smallest absolute Gasteiger partial charge is 0.318 e. The molecule has 0 saturated carbocycles. The highest BCUT2D eigenvalue weighted by Crippen LogP contribution is 2.26. The van der Waals surface area contributed by atoms with Gasteiger partial charge in [-0.25, -0.2) is 13.6 Å². The van der Waals surface area contributed by atoms with E-state index in [4.69, 9.17) is 9.47 Å². The van der Waals surface area contributed by atoms with Crippen LogP contribution in [0.15, 0.2) is 24.5 Å². The van der Waals surface area contributed by atoms with E-state index in [2.05, 4.69) is 10.3 Å². The molecule has 0 aromatic carbocycles. The maximum absolute atomic E-state index is 13.5. The zero-order valence-electron chi connectivity index (χ0n) is 12.5. The quantitative estimate of drug-likeness (QED) is 0.893. The number of pyridine rings is 1. The lowest BCUT2D eigenvalue weighted by atomic mass is 10.1. The number of nitrogens with one attached hydrogen (secondary N) is 1. The molecule has 0 aliphatic carbocycles. The minimum absolute atomic E-state index is 0.198. The van der Waals surface area contributed by atoms with E-state index >= 15 is 0 Å². The number of hydrogen-bond acceptors (Lipinski definition) is 4. The fourth-order valence-corrected chi connectivity index (χ4v) is 2.25. The van der Waals surface area contributed by atoms with Gasteiger partial charge in [0, 0.05) is 26.6 Å². The SMILES string of the molecule is COCC(c1ccncc1)N(C)C(=O)NC1COCC1(F)F. The van der Waals surface area contributed by atoms with Crippen molar-refractivity contribution in [3.05, 3.63) is 30.1 Å². The zero-order chi connectivity index (χ0) is 16.2. The second kappa shape index (κ2) is 6.97. The molecule has 0 bridgehead atoms. The maximum atomic E-state index is 13.5. The summed E-state index contributed by atoms with van der Waals surface area (Å²) in [5.74, 6) is -3.05. The van der Waals surface area contributed by atoms with Crippen molar-refractivity contribution in [1.29, 1.82) is 0 Å². The van der Waals surface area contributed by atoms with Crippen LogP contribution in [0.5, 0.6) is 0 Å². The second-order valence-corrected chi connectivity index (χ2v) is 5.14. The molecule has 2 unspecified atom stereocenters. The zero-order valence-corrected chi connectivity index (χ0v) is 12.5. The van der Waals surface area contributed by atoms with Gasteiger partial charge in [0.05, 0.1) is 19.3 Å². The van der Waals surface area contributed by atoms with Crippen molar-refractivity contribution in [2.24, 2.45) is 0 Å². The van der Waals surface area contributed by atoms with Crippen molar-refractivity contribution in [3.8, 4) is 0 Å². The first-order valence-corrected chi connectivity index (χ1v) is 6.83. The predicted octanol–water partition coefficient (Wildman–Crippen LogP) is 1.44. The van der Waals surface area contributed by atoms with Crippen LogP contribution >= 0.6 is 0 Å². The number of aromatic nitrogens is 1. The van der Waals surface area contributed by atoms with E-state index in [1.807, 2.05) is 0 Å². The van der Waals surface area contributed by atoms with Gasteiger partial charge < -0.3 is 19.7 Å². The van der Waals surface area contributed by atoms with Crippen molar-refractivity contribution >= 4 is 6.03 Å². The van der Waals surface area contributed by atoms with Gasteiger partial charge >= 0.3 is 6.03 Å². The highest BCUT2D eigenvalue weighted by molar-refractivity contribution is 5.75. The van der Waals surface area contributed by atoms with Gasteiger partial charge in [-0.05, 0) is 17.7 Å². The van der Waals surface area contributed by atoms with Crippen LogP contribution < -0.4 is 5.32 Å². The monoisotopic (exact) mass is 315 g/mol. The molecule has 122 valence electrons. The second-order valence-electron chi connectivity index (χ2n) is 5.14. The summed E-state index contributed by atoms with van der Waals surface area (Å²) in [5.41, 5.74) is 0.809. The summed E-state index contributed by atoms with van der Waals surface area (Å²) in [6.07, 6.45) is 3.20. The van der Waals surface area contributed by atoms with E-state index in [1.165, 1.54) is 19.1 Å². The van der Waals surface area contributed by atoms with Crippen LogP contribution in [0.4, 0.5) is 13.6 Å². The molecule has 1 fully saturated rings. The number of carbonyl (C=O) groups is 1. The minimum atomic E-state index is -3.05. The molecule has 1 saturated heterocycles. The number of halogens is 2. The summed E-state index contributed by atoms with van der Waals surface area (Å²) in [6.45, 7) is -0.629. The maximum Gasteiger partial charge on any atom is 0.318 e. The molecular weight excluding hydrogens is 296 g/mol. The molecule has 22 heavy (non-hydrogen) atoms. The van der Waals surface area contributed by atoms with Crippen LogP contribution in [-0.4, -0.2) is 61.9 Å². The van der Waals surface area contributed by atoms with E-state index in [1.54, 1.807) is 24.5 Å². The number of rotatable bonds is 5. The van der Waals surface area contributed by atoms with Crippen molar-refractivity contribution < 1.29 is 23.0 Å². The van der Waals surface area contributed by atoms with E-state index in [9.17, 15) is 13.6 Å². The number of likely N-dealkylation sites (N-methyl/N-ethyl adjacent to an activating group) is 1. The highest BCUT2D eigenvalue weighted by atomic mass is 19.3. The Morgan fingerprint density at radius 1 is 1.59 bits per heavy atom. The normalized spacial score (nSPS) is 21.4. The molecule has 1 aromatic rings. The lowest BCUT2D eigenvalue weighted by molar-refractivity contribution is -0.0226. The Hall–Kier alpha value is -1.80. The third-order valence-corrected chi connectivity index (χ3v) is 3.59. The molecule has 1 aliphatic heterocycles. The fraction of sp³-hybridized carbons (Fsp3) is 0.571. The average Bonchev–Trinajstić information content (AvgIpc) is 2.83. The molecule has 0 radical (unpaired) electrons. The highest BCUT2D eigenvalue weighted by Gasteiger charge is 2.46. The molecule has 1 N–H and O–H groups in total. The molecule has 8 heteroatoms. The van der Waals surface area contributed by atoms with Gasteiger partial charge in [0.25, 0.3) is 5.92 Å². The first-order valence-electron chi connectivity index (χ1n) is 6.83. The molecule has 2 amide bonds. The van der Waals surface area contributed by atoms with E-state index in [-0.39, 0.29) is 13.2 Å². The number of carbonyl (C=O) groups excluding carboxylic acids is 1. The third kappa shape index (κ3) is 3.69. The van der Waals surface area contributed by atoms with Gasteiger partial charge in [-0.2, -0.15) is 0 Å². The predicted molar refractivity (Wildman–Crippen MR) is 74.7 cm³/mol. The van der Waals surface area contributed by atoms with E-state index < -0.39 is 30.6 Å². The lowest BCUT2D eigenvalue weighted by Gasteiger charge is -2.30. The number of amides is 2.